The Labute approximate surface area is 146 Å². The van der Waals surface area contributed by atoms with Crippen LogP contribution < -0.4 is 10.5 Å². The summed E-state index contributed by atoms with van der Waals surface area (Å²) in [6.07, 6.45) is 1.80. The molecule has 1 aliphatic heterocycles. The topological polar surface area (TPSA) is 90.8 Å². The lowest BCUT2D eigenvalue weighted by atomic mass is 9.89. The molecule has 3 rings (SSSR count). The third-order valence-electron chi connectivity index (χ3n) is 4.31. The summed E-state index contributed by atoms with van der Waals surface area (Å²) in [4.78, 5) is 15.1. The first-order valence-electron chi connectivity index (χ1n) is 8.10. The van der Waals surface area contributed by atoms with E-state index in [0.29, 0.717) is 6.54 Å². The van der Waals surface area contributed by atoms with Gasteiger partial charge in [0.05, 0.1) is 11.5 Å². The molecule has 2 aromatic rings. The molecule has 0 spiro atoms. The normalized spacial score (nSPS) is 16.7. The molecule has 0 aromatic heterocycles. The maximum Gasteiger partial charge on any atom is 0.292 e. The standard InChI is InChI=1S/C19H21N3O3/c1-19(2,3)18-11-21-10-14-8-12(5-7-17(14)25-18)13-4-6-15(20)16(9-13)22(23)24/h4-10,18H,11,20H2,1-3H3. The van der Waals surface area contributed by atoms with E-state index in [1.165, 1.54) is 6.07 Å². The second kappa shape index (κ2) is 6.20. The molecule has 1 heterocycles. The van der Waals surface area contributed by atoms with Crippen molar-refractivity contribution in [1.82, 2.24) is 0 Å². The van der Waals surface area contributed by atoms with Crippen molar-refractivity contribution in [2.24, 2.45) is 10.4 Å². The largest absolute Gasteiger partial charge is 0.487 e. The van der Waals surface area contributed by atoms with Gasteiger partial charge in [-0.3, -0.25) is 15.1 Å². The Balaban J connectivity index is 1.99. The summed E-state index contributed by atoms with van der Waals surface area (Å²) in [7, 11) is 0. The monoisotopic (exact) mass is 339 g/mol. The van der Waals surface area contributed by atoms with Crippen molar-refractivity contribution in [3.8, 4) is 16.9 Å². The van der Waals surface area contributed by atoms with Gasteiger partial charge in [-0.05, 0) is 29.3 Å². The first kappa shape index (κ1) is 17.0. The zero-order valence-electron chi connectivity index (χ0n) is 14.5. The molecular weight excluding hydrogens is 318 g/mol. The molecule has 6 nitrogen and oxygen atoms in total. The Morgan fingerprint density at radius 3 is 2.56 bits per heavy atom. The van der Waals surface area contributed by atoms with Crippen molar-refractivity contribution in [3.05, 3.63) is 52.1 Å². The van der Waals surface area contributed by atoms with Crippen LogP contribution in [-0.2, 0) is 0 Å². The van der Waals surface area contributed by atoms with Gasteiger partial charge in [0.1, 0.15) is 17.5 Å². The zero-order chi connectivity index (χ0) is 18.2. The number of fused-ring (bicyclic) bond motifs is 1. The molecule has 6 heteroatoms. The number of aliphatic imine (C=N–C) groups is 1. The number of hydrogen-bond acceptors (Lipinski definition) is 5. The van der Waals surface area contributed by atoms with Crippen molar-refractivity contribution in [1.29, 1.82) is 0 Å². The highest BCUT2D eigenvalue weighted by Crippen LogP contribution is 2.33. The molecular formula is C19H21N3O3. The number of nitrogens with two attached hydrogens (primary N) is 1. The van der Waals surface area contributed by atoms with Crippen molar-refractivity contribution in [2.75, 3.05) is 12.3 Å². The second-order valence-electron chi connectivity index (χ2n) is 7.25. The Hall–Kier alpha value is -2.89. The SMILES string of the molecule is CC(C)(C)C1CN=Cc2cc(-c3ccc(N)c([N+](=O)[O-])c3)ccc2O1. The number of nitro benzene ring substituents is 1. The Kier molecular flexibility index (Phi) is 4.20. The predicted octanol–water partition coefficient (Wildman–Crippen LogP) is 4.07. The van der Waals surface area contributed by atoms with E-state index in [4.69, 9.17) is 10.5 Å². The maximum absolute atomic E-state index is 11.1. The van der Waals surface area contributed by atoms with Gasteiger partial charge >= 0.3 is 0 Å². The van der Waals surface area contributed by atoms with Gasteiger partial charge in [-0.2, -0.15) is 0 Å². The van der Waals surface area contributed by atoms with Crippen LogP contribution in [0.4, 0.5) is 11.4 Å². The number of nitrogen functional groups attached to an aromatic ring is 1. The number of benzene rings is 2. The third kappa shape index (κ3) is 3.47. The highest BCUT2D eigenvalue weighted by atomic mass is 16.6. The highest BCUT2D eigenvalue weighted by molar-refractivity contribution is 5.87. The van der Waals surface area contributed by atoms with E-state index in [0.717, 1.165) is 22.4 Å². The highest BCUT2D eigenvalue weighted by Gasteiger charge is 2.28. The minimum atomic E-state index is -0.471. The summed E-state index contributed by atoms with van der Waals surface area (Å²) in [6.45, 7) is 6.97. The first-order valence-corrected chi connectivity index (χ1v) is 8.10. The van der Waals surface area contributed by atoms with Crippen LogP contribution in [0.2, 0.25) is 0 Å². The van der Waals surface area contributed by atoms with Crippen molar-refractivity contribution in [2.45, 2.75) is 26.9 Å². The average Bonchev–Trinajstić information content (AvgIpc) is 2.76. The Morgan fingerprint density at radius 1 is 1.20 bits per heavy atom. The molecule has 1 unspecified atom stereocenters. The van der Waals surface area contributed by atoms with Crippen LogP contribution in [0, 0.1) is 15.5 Å². The van der Waals surface area contributed by atoms with Gasteiger partial charge < -0.3 is 10.5 Å². The lowest BCUT2D eigenvalue weighted by molar-refractivity contribution is -0.383. The third-order valence-corrected chi connectivity index (χ3v) is 4.31. The van der Waals surface area contributed by atoms with Gasteiger partial charge in [-0.1, -0.05) is 32.9 Å². The van der Waals surface area contributed by atoms with Crippen molar-refractivity contribution < 1.29 is 9.66 Å². The van der Waals surface area contributed by atoms with E-state index in [2.05, 4.69) is 25.8 Å². The number of ether oxygens (including phenoxy) is 1. The predicted molar refractivity (Wildman–Crippen MR) is 99.3 cm³/mol. The number of rotatable bonds is 2. The fourth-order valence-electron chi connectivity index (χ4n) is 2.71. The van der Waals surface area contributed by atoms with E-state index in [1.54, 1.807) is 18.3 Å². The van der Waals surface area contributed by atoms with Crippen LogP contribution in [0.1, 0.15) is 26.3 Å². The Morgan fingerprint density at radius 2 is 1.88 bits per heavy atom. The summed E-state index contributed by atoms with van der Waals surface area (Å²) in [5, 5.41) is 11.1. The van der Waals surface area contributed by atoms with E-state index < -0.39 is 4.92 Å². The number of nitrogens with zero attached hydrogens (tertiary/aromatic N) is 2. The molecule has 25 heavy (non-hydrogen) atoms. The molecule has 0 fully saturated rings. The minimum Gasteiger partial charge on any atom is -0.487 e. The molecule has 0 amide bonds. The fourth-order valence-corrected chi connectivity index (χ4v) is 2.71. The molecule has 0 radical (unpaired) electrons. The minimum absolute atomic E-state index is 0.00605. The summed E-state index contributed by atoms with van der Waals surface area (Å²) < 4.78 is 6.14. The molecule has 1 atom stereocenters. The molecule has 0 bridgehead atoms. The summed E-state index contributed by atoms with van der Waals surface area (Å²) in [6, 6.07) is 10.5. The molecule has 0 saturated heterocycles. The van der Waals surface area contributed by atoms with Crippen LogP contribution in [0.3, 0.4) is 0 Å². The van der Waals surface area contributed by atoms with E-state index >= 15 is 0 Å². The lowest BCUT2D eigenvalue weighted by Gasteiger charge is -2.29. The molecule has 2 N–H and O–H groups in total. The van der Waals surface area contributed by atoms with Gasteiger partial charge in [0.15, 0.2) is 0 Å². The maximum atomic E-state index is 11.1. The molecule has 2 aromatic carbocycles. The van der Waals surface area contributed by atoms with Crippen LogP contribution in [0.25, 0.3) is 11.1 Å². The second-order valence-corrected chi connectivity index (χ2v) is 7.25. The molecule has 0 aliphatic carbocycles. The Bertz CT molecular complexity index is 853. The fraction of sp³-hybridized carbons (Fsp3) is 0.316. The average molecular weight is 339 g/mol. The summed E-state index contributed by atoms with van der Waals surface area (Å²) >= 11 is 0. The van der Waals surface area contributed by atoms with Crippen molar-refractivity contribution >= 4 is 17.6 Å². The zero-order valence-corrected chi connectivity index (χ0v) is 14.5. The van der Waals surface area contributed by atoms with Gasteiger partial charge in [0, 0.05) is 23.3 Å². The lowest BCUT2D eigenvalue weighted by Crippen LogP contribution is -2.34. The summed E-state index contributed by atoms with van der Waals surface area (Å²) in [5.41, 5.74) is 8.16. The van der Waals surface area contributed by atoms with Gasteiger partial charge in [0.2, 0.25) is 0 Å². The smallest absolute Gasteiger partial charge is 0.292 e. The van der Waals surface area contributed by atoms with E-state index in [9.17, 15) is 10.1 Å². The van der Waals surface area contributed by atoms with E-state index in [-0.39, 0.29) is 22.9 Å². The van der Waals surface area contributed by atoms with Crippen LogP contribution in [-0.4, -0.2) is 23.8 Å². The van der Waals surface area contributed by atoms with Crippen LogP contribution in [0.5, 0.6) is 5.75 Å². The van der Waals surface area contributed by atoms with Gasteiger partial charge in [-0.15, -0.1) is 0 Å². The van der Waals surface area contributed by atoms with Gasteiger partial charge in [0.25, 0.3) is 5.69 Å². The van der Waals surface area contributed by atoms with Crippen LogP contribution >= 0.6 is 0 Å². The number of anilines is 1. The quantitative estimate of drug-likeness (QED) is 0.507. The van der Waals surface area contributed by atoms with Crippen LogP contribution in [0.15, 0.2) is 41.4 Å². The van der Waals surface area contributed by atoms with Crippen molar-refractivity contribution in [3.63, 3.8) is 0 Å². The number of nitro groups is 1. The van der Waals surface area contributed by atoms with Gasteiger partial charge in [-0.25, -0.2) is 0 Å². The summed E-state index contributed by atoms with van der Waals surface area (Å²) in [5.74, 6) is 0.773. The van der Waals surface area contributed by atoms with E-state index in [1.807, 2.05) is 18.2 Å². The molecule has 130 valence electrons. The first-order chi connectivity index (χ1) is 11.8. The molecule has 1 aliphatic rings. The molecule has 0 saturated carbocycles. The number of hydrogen-bond donors (Lipinski definition) is 1.